The Morgan fingerprint density at radius 3 is 2.23 bits per heavy atom. The summed E-state index contributed by atoms with van der Waals surface area (Å²) in [7, 11) is 3.53. The molecule has 1 fully saturated rings. The van der Waals surface area contributed by atoms with Crippen LogP contribution in [-0.2, 0) is 4.74 Å². The van der Waals surface area contributed by atoms with Gasteiger partial charge in [0.2, 0.25) is 0 Å². The summed E-state index contributed by atoms with van der Waals surface area (Å²) in [6, 6.07) is 9.68. The fourth-order valence-corrected chi connectivity index (χ4v) is 4.00. The van der Waals surface area contributed by atoms with Crippen molar-refractivity contribution in [3.8, 4) is 5.75 Å². The summed E-state index contributed by atoms with van der Waals surface area (Å²) in [4.78, 5) is 9.38. The number of methoxy groups -OCH3 is 1. The first-order chi connectivity index (χ1) is 14.5. The Hall–Kier alpha value is -1.10. The second kappa shape index (κ2) is 14.9. The number of rotatable bonds is 10. The molecule has 2 rings (SSSR count). The van der Waals surface area contributed by atoms with Gasteiger partial charge in [0.1, 0.15) is 5.75 Å². The van der Waals surface area contributed by atoms with Gasteiger partial charge in [-0.3, -0.25) is 14.8 Å². The van der Waals surface area contributed by atoms with E-state index in [-0.39, 0.29) is 30.0 Å². The molecule has 1 aromatic rings. The summed E-state index contributed by atoms with van der Waals surface area (Å²) in [5.41, 5.74) is 1.27. The molecule has 178 valence electrons. The normalized spacial score (nSPS) is 16.4. The lowest BCUT2D eigenvalue weighted by molar-refractivity contribution is 0.0170. The molecule has 8 heteroatoms. The first-order valence-electron chi connectivity index (χ1n) is 11.1. The molecule has 1 aromatic carbocycles. The van der Waals surface area contributed by atoms with Gasteiger partial charge in [-0.25, -0.2) is 0 Å². The van der Waals surface area contributed by atoms with Crippen molar-refractivity contribution in [1.29, 1.82) is 0 Å². The SMILES string of the molecule is CN=C(NCCN(C(C)C)C(C)C)NCC(c1ccc(OC)cc1)N1CCOCC1.I. The zero-order valence-electron chi connectivity index (χ0n) is 20.1. The number of hydrogen-bond donors (Lipinski definition) is 2. The van der Waals surface area contributed by atoms with Crippen molar-refractivity contribution in [3.63, 3.8) is 0 Å². The van der Waals surface area contributed by atoms with Crippen molar-refractivity contribution in [2.75, 3.05) is 60.1 Å². The van der Waals surface area contributed by atoms with E-state index in [1.54, 1.807) is 7.11 Å². The van der Waals surface area contributed by atoms with E-state index >= 15 is 0 Å². The van der Waals surface area contributed by atoms with Gasteiger partial charge in [0.25, 0.3) is 0 Å². The van der Waals surface area contributed by atoms with E-state index in [0.717, 1.165) is 57.6 Å². The van der Waals surface area contributed by atoms with Gasteiger partial charge in [0.05, 0.1) is 26.4 Å². The van der Waals surface area contributed by atoms with Gasteiger partial charge < -0.3 is 20.1 Å². The maximum Gasteiger partial charge on any atom is 0.191 e. The Bertz CT molecular complexity index is 625. The van der Waals surface area contributed by atoms with Crippen molar-refractivity contribution >= 4 is 29.9 Å². The van der Waals surface area contributed by atoms with Crippen LogP contribution >= 0.6 is 24.0 Å². The van der Waals surface area contributed by atoms with Gasteiger partial charge in [0.15, 0.2) is 5.96 Å². The summed E-state index contributed by atoms with van der Waals surface area (Å²) in [6.07, 6.45) is 0. The Morgan fingerprint density at radius 1 is 1.10 bits per heavy atom. The standard InChI is InChI=1S/C23H41N5O2.HI/c1-18(2)28(19(3)4)12-11-25-23(24-5)26-17-22(27-13-15-30-16-14-27)20-7-9-21(29-6)10-8-20;/h7-10,18-19,22H,11-17H2,1-6H3,(H2,24,25,26);1H. The van der Waals surface area contributed by atoms with Gasteiger partial charge in [0, 0.05) is 51.9 Å². The van der Waals surface area contributed by atoms with Gasteiger partial charge in [-0.1, -0.05) is 12.1 Å². The monoisotopic (exact) mass is 547 g/mol. The van der Waals surface area contributed by atoms with E-state index in [1.165, 1.54) is 5.56 Å². The van der Waals surface area contributed by atoms with Crippen LogP contribution in [0.3, 0.4) is 0 Å². The molecule has 0 bridgehead atoms. The molecule has 2 N–H and O–H groups in total. The van der Waals surface area contributed by atoms with Gasteiger partial charge in [-0.15, -0.1) is 24.0 Å². The topological polar surface area (TPSA) is 61.4 Å². The Kier molecular flexibility index (Phi) is 13.4. The first-order valence-corrected chi connectivity index (χ1v) is 11.1. The summed E-state index contributed by atoms with van der Waals surface area (Å²) in [5, 5.41) is 7.00. The first kappa shape index (κ1) is 27.9. The van der Waals surface area contributed by atoms with Crippen LogP contribution < -0.4 is 15.4 Å². The molecule has 1 unspecified atom stereocenters. The van der Waals surface area contributed by atoms with Crippen LogP contribution in [0, 0.1) is 0 Å². The van der Waals surface area contributed by atoms with E-state index in [0.29, 0.717) is 12.1 Å². The Balaban J connectivity index is 0.00000480. The average Bonchev–Trinajstić information content (AvgIpc) is 2.76. The molecule has 7 nitrogen and oxygen atoms in total. The number of benzene rings is 1. The summed E-state index contributed by atoms with van der Waals surface area (Å²) < 4.78 is 10.9. The van der Waals surface area contributed by atoms with E-state index in [2.05, 4.69) is 65.3 Å². The largest absolute Gasteiger partial charge is 0.497 e. The lowest BCUT2D eigenvalue weighted by Gasteiger charge is -2.35. The van der Waals surface area contributed by atoms with E-state index in [1.807, 2.05) is 19.2 Å². The van der Waals surface area contributed by atoms with Crippen LogP contribution in [0.2, 0.25) is 0 Å². The third-order valence-electron chi connectivity index (χ3n) is 5.66. The Labute approximate surface area is 206 Å². The van der Waals surface area contributed by atoms with Crippen LogP contribution in [0.4, 0.5) is 0 Å². The average molecular weight is 548 g/mol. The smallest absolute Gasteiger partial charge is 0.191 e. The number of morpholine rings is 1. The zero-order chi connectivity index (χ0) is 21.9. The molecule has 1 saturated heterocycles. The molecular formula is C23H42IN5O2. The second-order valence-corrected chi connectivity index (χ2v) is 8.24. The second-order valence-electron chi connectivity index (χ2n) is 8.24. The van der Waals surface area contributed by atoms with E-state index < -0.39 is 0 Å². The van der Waals surface area contributed by atoms with E-state index in [9.17, 15) is 0 Å². The summed E-state index contributed by atoms with van der Waals surface area (Å²) in [5.74, 6) is 1.72. The van der Waals surface area contributed by atoms with Gasteiger partial charge in [-0.05, 0) is 45.4 Å². The summed E-state index contributed by atoms with van der Waals surface area (Å²) in [6.45, 7) is 15.0. The minimum Gasteiger partial charge on any atom is -0.497 e. The number of nitrogens with zero attached hydrogens (tertiary/aromatic N) is 3. The fourth-order valence-electron chi connectivity index (χ4n) is 4.00. The molecule has 1 aliphatic rings. The number of guanidine groups is 1. The molecule has 0 aliphatic carbocycles. The molecule has 1 aliphatic heterocycles. The molecule has 0 amide bonds. The number of nitrogens with one attached hydrogen (secondary N) is 2. The predicted octanol–water partition coefficient (Wildman–Crippen LogP) is 2.97. The Morgan fingerprint density at radius 2 is 1.71 bits per heavy atom. The van der Waals surface area contributed by atoms with Crippen LogP contribution in [0.1, 0.15) is 39.3 Å². The third kappa shape index (κ3) is 9.11. The van der Waals surface area contributed by atoms with Crippen molar-refractivity contribution in [2.45, 2.75) is 45.8 Å². The van der Waals surface area contributed by atoms with Crippen molar-refractivity contribution in [2.24, 2.45) is 4.99 Å². The molecule has 0 radical (unpaired) electrons. The third-order valence-corrected chi connectivity index (χ3v) is 5.66. The highest BCUT2D eigenvalue weighted by Gasteiger charge is 2.23. The maximum atomic E-state index is 5.56. The fraction of sp³-hybridized carbons (Fsp3) is 0.696. The van der Waals surface area contributed by atoms with Crippen LogP contribution in [0.25, 0.3) is 0 Å². The van der Waals surface area contributed by atoms with Gasteiger partial charge in [-0.2, -0.15) is 0 Å². The zero-order valence-corrected chi connectivity index (χ0v) is 22.4. The van der Waals surface area contributed by atoms with E-state index in [4.69, 9.17) is 9.47 Å². The lowest BCUT2D eigenvalue weighted by atomic mass is 10.0. The van der Waals surface area contributed by atoms with Crippen molar-refractivity contribution in [1.82, 2.24) is 20.4 Å². The molecular weight excluding hydrogens is 505 g/mol. The van der Waals surface area contributed by atoms with Crippen LogP contribution in [-0.4, -0.2) is 87.9 Å². The highest BCUT2D eigenvalue weighted by molar-refractivity contribution is 14.0. The number of hydrogen-bond acceptors (Lipinski definition) is 5. The molecule has 0 aromatic heterocycles. The number of ether oxygens (including phenoxy) is 2. The summed E-state index contributed by atoms with van der Waals surface area (Å²) >= 11 is 0. The minimum absolute atomic E-state index is 0. The highest BCUT2D eigenvalue weighted by Crippen LogP contribution is 2.23. The maximum absolute atomic E-state index is 5.56. The lowest BCUT2D eigenvalue weighted by Crippen LogP contribution is -2.48. The molecule has 1 atom stereocenters. The predicted molar refractivity (Wildman–Crippen MR) is 140 cm³/mol. The number of aliphatic imine (C=N–C) groups is 1. The minimum atomic E-state index is 0. The quantitative estimate of drug-likeness (QED) is 0.267. The van der Waals surface area contributed by atoms with Gasteiger partial charge >= 0.3 is 0 Å². The molecule has 0 spiro atoms. The van der Waals surface area contributed by atoms with Crippen LogP contribution in [0.15, 0.2) is 29.3 Å². The van der Waals surface area contributed by atoms with Crippen molar-refractivity contribution < 1.29 is 9.47 Å². The number of halogens is 1. The molecule has 31 heavy (non-hydrogen) atoms. The molecule has 1 heterocycles. The van der Waals surface area contributed by atoms with Crippen molar-refractivity contribution in [3.05, 3.63) is 29.8 Å². The highest BCUT2D eigenvalue weighted by atomic mass is 127. The molecule has 0 saturated carbocycles. The van der Waals surface area contributed by atoms with Crippen LogP contribution in [0.5, 0.6) is 5.75 Å².